The van der Waals surface area contributed by atoms with Gasteiger partial charge in [-0.15, -0.1) is 24.0 Å². The third kappa shape index (κ3) is 5.22. The first-order valence-corrected chi connectivity index (χ1v) is 8.08. The average molecular weight is 441 g/mol. The van der Waals surface area contributed by atoms with Gasteiger partial charge in [0.05, 0.1) is 11.4 Å². The highest BCUT2D eigenvalue weighted by Gasteiger charge is 2.13. The molecular weight excluding hydrogens is 413 g/mol. The van der Waals surface area contributed by atoms with E-state index in [-0.39, 0.29) is 24.0 Å². The van der Waals surface area contributed by atoms with Crippen LogP contribution in [0.15, 0.2) is 35.3 Å². The summed E-state index contributed by atoms with van der Waals surface area (Å²) >= 11 is 0. The Balaban J connectivity index is 0.00000288. The summed E-state index contributed by atoms with van der Waals surface area (Å²) in [6.45, 7) is 10.1. The molecule has 2 rings (SSSR count). The van der Waals surface area contributed by atoms with Crippen molar-refractivity contribution < 1.29 is 0 Å². The van der Waals surface area contributed by atoms with Crippen LogP contribution < -0.4 is 10.6 Å². The Hall–Kier alpha value is -1.57. The van der Waals surface area contributed by atoms with Crippen LogP contribution in [0.5, 0.6) is 0 Å². The lowest BCUT2D eigenvalue weighted by Crippen LogP contribution is -2.38. The van der Waals surface area contributed by atoms with Crippen LogP contribution in [0.2, 0.25) is 0 Å². The molecule has 0 atom stereocenters. The maximum Gasteiger partial charge on any atom is 0.191 e. The van der Waals surface area contributed by atoms with E-state index in [1.807, 2.05) is 29.8 Å². The van der Waals surface area contributed by atoms with Crippen molar-refractivity contribution in [1.29, 1.82) is 0 Å². The maximum atomic E-state index is 4.67. The second-order valence-electron chi connectivity index (χ2n) is 6.10. The summed E-state index contributed by atoms with van der Waals surface area (Å²) in [5.74, 6) is 1.41. The average Bonchev–Trinajstić information content (AvgIpc) is 2.83. The van der Waals surface area contributed by atoms with E-state index in [9.17, 15) is 0 Å². The van der Waals surface area contributed by atoms with Crippen LogP contribution in [0.25, 0.3) is 5.69 Å². The number of rotatable bonds is 5. The SMILES string of the molecule is CN=C(NCc1c(C)nn(-c2ccccc2)c1C)NCC(C)C.I. The second-order valence-corrected chi connectivity index (χ2v) is 6.10. The number of nitrogens with one attached hydrogen (secondary N) is 2. The van der Waals surface area contributed by atoms with Gasteiger partial charge in [-0.3, -0.25) is 4.99 Å². The van der Waals surface area contributed by atoms with E-state index in [0.717, 1.165) is 29.6 Å². The van der Waals surface area contributed by atoms with E-state index in [0.29, 0.717) is 12.5 Å². The van der Waals surface area contributed by atoms with Crippen LogP contribution in [0.3, 0.4) is 0 Å². The van der Waals surface area contributed by atoms with E-state index in [1.54, 1.807) is 7.05 Å². The number of nitrogens with zero attached hydrogens (tertiary/aromatic N) is 3. The van der Waals surface area contributed by atoms with Gasteiger partial charge in [0.25, 0.3) is 0 Å². The fraction of sp³-hybridized carbons (Fsp3) is 0.444. The molecule has 0 spiro atoms. The Morgan fingerprint density at radius 2 is 1.83 bits per heavy atom. The lowest BCUT2D eigenvalue weighted by atomic mass is 10.2. The minimum Gasteiger partial charge on any atom is -0.356 e. The Morgan fingerprint density at radius 1 is 1.17 bits per heavy atom. The van der Waals surface area contributed by atoms with E-state index >= 15 is 0 Å². The number of aromatic nitrogens is 2. The van der Waals surface area contributed by atoms with Crippen molar-refractivity contribution in [1.82, 2.24) is 20.4 Å². The van der Waals surface area contributed by atoms with E-state index in [4.69, 9.17) is 0 Å². The molecule has 0 unspecified atom stereocenters. The number of halogens is 1. The van der Waals surface area contributed by atoms with E-state index in [2.05, 4.69) is 53.6 Å². The molecule has 24 heavy (non-hydrogen) atoms. The van der Waals surface area contributed by atoms with Crippen molar-refractivity contribution in [2.45, 2.75) is 34.2 Å². The molecule has 1 aromatic heterocycles. The highest BCUT2D eigenvalue weighted by molar-refractivity contribution is 14.0. The van der Waals surface area contributed by atoms with Gasteiger partial charge in [-0.1, -0.05) is 32.0 Å². The summed E-state index contributed by atoms with van der Waals surface area (Å²) < 4.78 is 2.00. The number of para-hydroxylation sites is 1. The van der Waals surface area contributed by atoms with Crippen molar-refractivity contribution in [3.63, 3.8) is 0 Å². The first-order chi connectivity index (χ1) is 11.0. The minimum absolute atomic E-state index is 0. The van der Waals surface area contributed by atoms with Gasteiger partial charge in [0.15, 0.2) is 5.96 Å². The van der Waals surface area contributed by atoms with E-state index in [1.165, 1.54) is 5.56 Å². The third-order valence-corrected chi connectivity index (χ3v) is 3.78. The van der Waals surface area contributed by atoms with Gasteiger partial charge in [0.2, 0.25) is 0 Å². The van der Waals surface area contributed by atoms with Crippen molar-refractivity contribution in [2.24, 2.45) is 10.9 Å². The van der Waals surface area contributed by atoms with Gasteiger partial charge in [0.1, 0.15) is 0 Å². The van der Waals surface area contributed by atoms with Crippen LogP contribution >= 0.6 is 24.0 Å². The fourth-order valence-corrected chi connectivity index (χ4v) is 2.44. The van der Waals surface area contributed by atoms with Crippen LogP contribution in [0.1, 0.15) is 30.8 Å². The lowest BCUT2D eigenvalue weighted by molar-refractivity contribution is 0.614. The molecule has 0 saturated carbocycles. The molecule has 0 radical (unpaired) electrons. The largest absolute Gasteiger partial charge is 0.356 e. The van der Waals surface area contributed by atoms with Gasteiger partial charge < -0.3 is 10.6 Å². The monoisotopic (exact) mass is 441 g/mol. The summed E-state index contributed by atoms with van der Waals surface area (Å²) in [5, 5.41) is 11.4. The predicted octanol–water partition coefficient (Wildman–Crippen LogP) is 3.43. The van der Waals surface area contributed by atoms with Crippen LogP contribution in [-0.2, 0) is 6.54 Å². The fourth-order valence-electron chi connectivity index (χ4n) is 2.44. The molecule has 0 fully saturated rings. The first-order valence-electron chi connectivity index (χ1n) is 8.08. The number of benzene rings is 1. The van der Waals surface area contributed by atoms with Crippen LogP contribution in [0, 0.1) is 19.8 Å². The molecular formula is C18H28IN5. The first kappa shape index (κ1) is 20.5. The maximum absolute atomic E-state index is 4.67. The summed E-state index contributed by atoms with van der Waals surface area (Å²) in [7, 11) is 1.79. The van der Waals surface area contributed by atoms with Gasteiger partial charge in [-0.25, -0.2) is 4.68 Å². The zero-order valence-corrected chi connectivity index (χ0v) is 17.5. The molecule has 1 aromatic carbocycles. The summed E-state index contributed by atoms with van der Waals surface area (Å²) in [5.41, 5.74) is 4.49. The summed E-state index contributed by atoms with van der Waals surface area (Å²) in [6, 6.07) is 10.2. The molecule has 1 heterocycles. The smallest absolute Gasteiger partial charge is 0.191 e. The Kier molecular flexibility index (Phi) is 8.24. The lowest BCUT2D eigenvalue weighted by Gasteiger charge is -2.13. The topological polar surface area (TPSA) is 54.2 Å². The Morgan fingerprint density at radius 3 is 2.42 bits per heavy atom. The molecule has 2 aromatic rings. The van der Waals surface area contributed by atoms with Gasteiger partial charge in [-0.2, -0.15) is 5.10 Å². The number of hydrogen-bond acceptors (Lipinski definition) is 2. The zero-order chi connectivity index (χ0) is 16.8. The van der Waals surface area contributed by atoms with Crippen LogP contribution in [-0.4, -0.2) is 29.3 Å². The Bertz CT molecular complexity index is 662. The Labute approximate surface area is 162 Å². The zero-order valence-electron chi connectivity index (χ0n) is 15.1. The quantitative estimate of drug-likeness (QED) is 0.425. The standard InChI is InChI=1S/C18H27N5.HI/c1-13(2)11-20-18(19-5)21-12-17-14(3)22-23(15(17)4)16-9-7-6-8-10-16;/h6-10,13H,11-12H2,1-5H3,(H2,19,20,21);1H. The molecule has 0 aliphatic carbocycles. The van der Waals surface area contributed by atoms with Crippen molar-refractivity contribution >= 4 is 29.9 Å². The summed E-state index contributed by atoms with van der Waals surface area (Å²) in [6.07, 6.45) is 0. The highest BCUT2D eigenvalue weighted by Crippen LogP contribution is 2.17. The molecule has 0 aliphatic rings. The van der Waals surface area contributed by atoms with E-state index < -0.39 is 0 Å². The van der Waals surface area contributed by atoms with Crippen LogP contribution in [0.4, 0.5) is 0 Å². The van der Waals surface area contributed by atoms with Crippen molar-refractivity contribution in [2.75, 3.05) is 13.6 Å². The van der Waals surface area contributed by atoms with Crippen molar-refractivity contribution in [3.05, 3.63) is 47.3 Å². The highest BCUT2D eigenvalue weighted by atomic mass is 127. The molecule has 5 nitrogen and oxygen atoms in total. The molecule has 132 valence electrons. The van der Waals surface area contributed by atoms with Gasteiger partial charge in [-0.05, 0) is 31.9 Å². The summed E-state index contributed by atoms with van der Waals surface area (Å²) in [4.78, 5) is 4.27. The van der Waals surface area contributed by atoms with Gasteiger partial charge in [0, 0.05) is 31.4 Å². The molecule has 2 N–H and O–H groups in total. The minimum atomic E-state index is 0. The van der Waals surface area contributed by atoms with Gasteiger partial charge >= 0.3 is 0 Å². The third-order valence-electron chi connectivity index (χ3n) is 3.78. The predicted molar refractivity (Wildman–Crippen MR) is 111 cm³/mol. The van der Waals surface area contributed by atoms with Crippen molar-refractivity contribution in [3.8, 4) is 5.69 Å². The second kappa shape index (κ2) is 9.66. The number of aryl methyl sites for hydroxylation is 1. The molecule has 6 heteroatoms. The molecule has 0 aliphatic heterocycles. The molecule has 0 saturated heterocycles. The molecule has 0 bridgehead atoms. The number of guanidine groups is 1. The number of aliphatic imine (C=N–C) groups is 1. The number of hydrogen-bond donors (Lipinski definition) is 2. The normalized spacial score (nSPS) is 11.3. The molecule has 0 amide bonds.